The number of halogens is 1. The van der Waals surface area contributed by atoms with E-state index >= 15 is 0 Å². The number of fused-ring (bicyclic) bond motifs is 1. The molecule has 0 aliphatic carbocycles. The maximum absolute atomic E-state index is 12.2. The molecule has 1 heterocycles. The lowest BCUT2D eigenvalue weighted by molar-refractivity contribution is -0.143. The summed E-state index contributed by atoms with van der Waals surface area (Å²) in [6.07, 6.45) is 1.55. The number of ether oxygens (including phenoxy) is 2. The highest BCUT2D eigenvalue weighted by atomic mass is 79.9. The van der Waals surface area contributed by atoms with Crippen molar-refractivity contribution >= 4 is 38.8 Å². The van der Waals surface area contributed by atoms with E-state index in [1.54, 1.807) is 13.8 Å². The molecule has 6 heteroatoms. The predicted molar refractivity (Wildman–Crippen MR) is 91.5 cm³/mol. The van der Waals surface area contributed by atoms with E-state index in [1.807, 2.05) is 18.2 Å². The average molecular weight is 382 g/mol. The standard InChI is InChI=1S/C17H20BrNO4/c1-3-22-15(20)7-5-6-12-13-10-11(18)8-9-14(13)19-16(12)17(21)23-4-2/h8-10,19H,3-7H2,1-2H3. The van der Waals surface area contributed by atoms with Crippen LogP contribution < -0.4 is 0 Å². The van der Waals surface area contributed by atoms with Crippen LogP contribution in [-0.2, 0) is 20.7 Å². The number of hydrogen-bond donors (Lipinski definition) is 1. The van der Waals surface area contributed by atoms with Crippen molar-refractivity contribution in [3.05, 3.63) is 33.9 Å². The topological polar surface area (TPSA) is 68.4 Å². The number of aryl methyl sites for hydroxylation is 1. The molecule has 23 heavy (non-hydrogen) atoms. The Kier molecular flexibility index (Phi) is 6.21. The molecule has 0 unspecified atom stereocenters. The lowest BCUT2D eigenvalue weighted by Crippen LogP contribution is -2.09. The summed E-state index contributed by atoms with van der Waals surface area (Å²) in [6, 6.07) is 5.79. The van der Waals surface area contributed by atoms with E-state index in [2.05, 4.69) is 20.9 Å². The van der Waals surface area contributed by atoms with E-state index in [1.165, 1.54) is 0 Å². The second-order valence-corrected chi connectivity index (χ2v) is 5.96. The van der Waals surface area contributed by atoms with Crippen molar-refractivity contribution in [2.75, 3.05) is 13.2 Å². The van der Waals surface area contributed by atoms with E-state index in [9.17, 15) is 9.59 Å². The van der Waals surface area contributed by atoms with Gasteiger partial charge in [-0.2, -0.15) is 0 Å². The van der Waals surface area contributed by atoms with E-state index < -0.39 is 0 Å². The van der Waals surface area contributed by atoms with E-state index in [4.69, 9.17) is 9.47 Å². The maximum Gasteiger partial charge on any atom is 0.355 e. The van der Waals surface area contributed by atoms with Gasteiger partial charge in [0.15, 0.2) is 0 Å². The molecule has 0 spiro atoms. The van der Waals surface area contributed by atoms with Gasteiger partial charge in [-0.25, -0.2) is 4.79 Å². The van der Waals surface area contributed by atoms with Gasteiger partial charge >= 0.3 is 11.9 Å². The molecule has 5 nitrogen and oxygen atoms in total. The molecule has 0 aliphatic rings. The second kappa shape index (κ2) is 8.15. The Labute approximate surface area is 143 Å². The highest BCUT2D eigenvalue weighted by Crippen LogP contribution is 2.28. The van der Waals surface area contributed by atoms with Crippen LogP contribution in [0.4, 0.5) is 0 Å². The van der Waals surface area contributed by atoms with Crippen LogP contribution in [0.15, 0.2) is 22.7 Å². The first-order chi connectivity index (χ1) is 11.1. The Morgan fingerprint density at radius 2 is 1.91 bits per heavy atom. The monoisotopic (exact) mass is 381 g/mol. The molecule has 0 bridgehead atoms. The van der Waals surface area contributed by atoms with E-state index in [-0.39, 0.29) is 11.9 Å². The van der Waals surface area contributed by atoms with Crippen molar-refractivity contribution in [3.8, 4) is 0 Å². The molecule has 2 rings (SSSR count). The predicted octanol–water partition coefficient (Wildman–Crippen LogP) is 3.99. The van der Waals surface area contributed by atoms with Gasteiger partial charge in [0.1, 0.15) is 5.69 Å². The Balaban J connectivity index is 2.26. The fourth-order valence-electron chi connectivity index (χ4n) is 2.50. The van der Waals surface area contributed by atoms with Crippen LogP contribution in [0.25, 0.3) is 10.9 Å². The number of carbonyl (C=O) groups excluding carboxylic acids is 2. The van der Waals surface area contributed by atoms with Crippen LogP contribution in [0.3, 0.4) is 0 Å². The maximum atomic E-state index is 12.2. The molecule has 0 radical (unpaired) electrons. The number of aromatic nitrogens is 1. The molecule has 0 aliphatic heterocycles. The molecule has 1 N–H and O–H groups in total. The molecule has 0 saturated carbocycles. The summed E-state index contributed by atoms with van der Waals surface area (Å²) in [5, 5.41) is 0.964. The zero-order chi connectivity index (χ0) is 16.8. The zero-order valence-electron chi connectivity index (χ0n) is 13.3. The number of benzene rings is 1. The van der Waals surface area contributed by atoms with Crippen molar-refractivity contribution in [2.24, 2.45) is 0 Å². The number of aromatic amines is 1. The molecule has 124 valence electrons. The normalized spacial score (nSPS) is 10.7. The Hall–Kier alpha value is -1.82. The molecular weight excluding hydrogens is 362 g/mol. The van der Waals surface area contributed by atoms with Gasteiger partial charge in [0, 0.05) is 21.8 Å². The lowest BCUT2D eigenvalue weighted by atomic mass is 10.0. The number of esters is 2. The van der Waals surface area contributed by atoms with Gasteiger partial charge in [0.05, 0.1) is 13.2 Å². The van der Waals surface area contributed by atoms with Crippen LogP contribution in [0.5, 0.6) is 0 Å². The van der Waals surface area contributed by atoms with Crippen LogP contribution in [0.2, 0.25) is 0 Å². The second-order valence-electron chi connectivity index (χ2n) is 5.05. The summed E-state index contributed by atoms with van der Waals surface area (Å²) < 4.78 is 11.0. The molecule has 0 saturated heterocycles. The van der Waals surface area contributed by atoms with E-state index in [0.29, 0.717) is 38.2 Å². The minimum absolute atomic E-state index is 0.216. The van der Waals surface area contributed by atoms with Crippen molar-refractivity contribution in [3.63, 3.8) is 0 Å². The minimum atomic E-state index is -0.369. The first-order valence-corrected chi connectivity index (χ1v) is 8.49. The zero-order valence-corrected chi connectivity index (χ0v) is 14.9. The molecule has 0 amide bonds. The number of hydrogen-bond acceptors (Lipinski definition) is 4. The van der Waals surface area contributed by atoms with Gasteiger partial charge in [-0.1, -0.05) is 15.9 Å². The summed E-state index contributed by atoms with van der Waals surface area (Å²) in [5.74, 6) is -0.586. The minimum Gasteiger partial charge on any atom is -0.466 e. The first kappa shape index (κ1) is 17.5. The van der Waals surface area contributed by atoms with Gasteiger partial charge in [0.25, 0.3) is 0 Å². The van der Waals surface area contributed by atoms with Crippen molar-refractivity contribution in [2.45, 2.75) is 33.1 Å². The van der Waals surface area contributed by atoms with Crippen LogP contribution in [-0.4, -0.2) is 30.1 Å². The van der Waals surface area contributed by atoms with Gasteiger partial charge < -0.3 is 14.5 Å². The Bertz CT molecular complexity index is 708. The first-order valence-electron chi connectivity index (χ1n) is 7.69. The van der Waals surface area contributed by atoms with Crippen molar-refractivity contribution in [1.29, 1.82) is 0 Å². The summed E-state index contributed by atoms with van der Waals surface area (Å²) in [6.45, 7) is 4.26. The molecule has 0 atom stereocenters. The van der Waals surface area contributed by atoms with Crippen LogP contribution in [0, 0.1) is 0 Å². The molecule has 1 aromatic carbocycles. The number of nitrogens with one attached hydrogen (secondary N) is 1. The van der Waals surface area contributed by atoms with Gasteiger partial charge in [-0.05, 0) is 50.5 Å². The fraction of sp³-hybridized carbons (Fsp3) is 0.412. The number of carbonyl (C=O) groups is 2. The van der Waals surface area contributed by atoms with E-state index in [0.717, 1.165) is 20.9 Å². The van der Waals surface area contributed by atoms with Crippen molar-refractivity contribution < 1.29 is 19.1 Å². The highest BCUT2D eigenvalue weighted by Gasteiger charge is 2.19. The third-order valence-electron chi connectivity index (χ3n) is 3.46. The summed E-state index contributed by atoms with van der Waals surface area (Å²) in [4.78, 5) is 26.8. The van der Waals surface area contributed by atoms with Crippen molar-refractivity contribution in [1.82, 2.24) is 4.98 Å². The third kappa shape index (κ3) is 4.34. The SMILES string of the molecule is CCOC(=O)CCCc1c(C(=O)OCC)[nH]c2ccc(Br)cc12. The highest BCUT2D eigenvalue weighted by molar-refractivity contribution is 9.10. The quantitative estimate of drug-likeness (QED) is 0.736. The van der Waals surface area contributed by atoms with Crippen LogP contribution in [0.1, 0.15) is 42.7 Å². The fourth-order valence-corrected chi connectivity index (χ4v) is 2.86. The Morgan fingerprint density at radius 1 is 1.17 bits per heavy atom. The summed E-state index contributed by atoms with van der Waals surface area (Å²) in [5.41, 5.74) is 2.22. The summed E-state index contributed by atoms with van der Waals surface area (Å²) >= 11 is 3.45. The van der Waals surface area contributed by atoms with Gasteiger partial charge in [-0.15, -0.1) is 0 Å². The molecular formula is C17H20BrNO4. The molecule has 1 aromatic heterocycles. The molecule has 0 fully saturated rings. The smallest absolute Gasteiger partial charge is 0.355 e. The third-order valence-corrected chi connectivity index (χ3v) is 3.95. The number of H-pyrrole nitrogens is 1. The van der Waals surface area contributed by atoms with Gasteiger partial charge in [0.2, 0.25) is 0 Å². The van der Waals surface area contributed by atoms with Gasteiger partial charge in [-0.3, -0.25) is 4.79 Å². The number of rotatable bonds is 7. The summed E-state index contributed by atoms with van der Waals surface area (Å²) in [7, 11) is 0. The van der Waals surface area contributed by atoms with Crippen LogP contribution >= 0.6 is 15.9 Å². The average Bonchev–Trinajstić information content (AvgIpc) is 2.86. The Morgan fingerprint density at radius 3 is 2.61 bits per heavy atom. The largest absolute Gasteiger partial charge is 0.466 e. The molecule has 2 aromatic rings. The lowest BCUT2D eigenvalue weighted by Gasteiger charge is -2.05.